The minimum Gasteiger partial charge on any atom is -0.480 e. The predicted molar refractivity (Wildman–Crippen MR) is 75.6 cm³/mol. The number of rotatable bonds is 7. The zero-order chi connectivity index (χ0) is 15.1. The number of carboxylic acids is 1. The third-order valence-electron chi connectivity index (χ3n) is 2.21. The van der Waals surface area contributed by atoms with Crippen molar-refractivity contribution in [3.05, 3.63) is 29.3 Å². The fourth-order valence-corrected chi connectivity index (χ4v) is 2.52. The zero-order valence-corrected chi connectivity index (χ0v) is 12.0. The molecule has 8 heteroatoms. The summed E-state index contributed by atoms with van der Waals surface area (Å²) in [5.74, 6) is -2.48. The van der Waals surface area contributed by atoms with E-state index in [4.69, 9.17) is 22.4 Å². The molecule has 0 heterocycles. The van der Waals surface area contributed by atoms with Crippen LogP contribution in [-0.4, -0.2) is 46.6 Å². The molecule has 0 bridgehead atoms. The first-order valence-corrected chi connectivity index (χ1v) is 6.91. The number of carbonyl (C=O) groups is 3. The highest BCUT2D eigenvalue weighted by molar-refractivity contribution is 8.00. The summed E-state index contributed by atoms with van der Waals surface area (Å²) >= 11 is 7.11. The Bertz CT molecular complexity index is 508. The number of nitrogens with zero attached hydrogens (tertiary/aromatic N) is 1. The van der Waals surface area contributed by atoms with Crippen molar-refractivity contribution in [2.24, 2.45) is 5.73 Å². The normalized spacial score (nSPS) is 10.1. The van der Waals surface area contributed by atoms with Crippen LogP contribution in [0.1, 0.15) is 0 Å². The Balaban J connectivity index is 2.64. The van der Waals surface area contributed by atoms with Crippen molar-refractivity contribution in [2.45, 2.75) is 4.90 Å². The molecule has 0 aliphatic heterocycles. The van der Waals surface area contributed by atoms with Gasteiger partial charge in [0.05, 0.1) is 17.3 Å². The highest BCUT2D eigenvalue weighted by Crippen LogP contribution is 2.26. The highest BCUT2D eigenvalue weighted by Gasteiger charge is 2.19. The van der Waals surface area contributed by atoms with Gasteiger partial charge in [-0.25, -0.2) is 0 Å². The first-order chi connectivity index (χ1) is 9.40. The molecule has 0 atom stereocenters. The smallest absolute Gasteiger partial charge is 0.323 e. The molecule has 0 radical (unpaired) electrons. The maximum absolute atomic E-state index is 11.9. The Labute approximate surface area is 124 Å². The lowest BCUT2D eigenvalue weighted by atomic mass is 10.4. The Morgan fingerprint density at radius 1 is 1.25 bits per heavy atom. The lowest BCUT2D eigenvalue weighted by Gasteiger charge is -2.18. The van der Waals surface area contributed by atoms with Gasteiger partial charge in [0.25, 0.3) is 0 Å². The third-order valence-corrected chi connectivity index (χ3v) is 3.71. The molecule has 0 aliphatic carbocycles. The topological polar surface area (TPSA) is 101 Å². The second-order valence-corrected chi connectivity index (χ2v) is 5.25. The minimum atomic E-state index is -1.21. The molecule has 0 unspecified atom stereocenters. The van der Waals surface area contributed by atoms with Crippen LogP contribution >= 0.6 is 23.4 Å². The molecule has 1 rings (SSSR count). The van der Waals surface area contributed by atoms with Gasteiger partial charge in [-0.3, -0.25) is 14.4 Å². The summed E-state index contributed by atoms with van der Waals surface area (Å²) in [6.07, 6.45) is 0. The molecule has 1 aromatic rings. The summed E-state index contributed by atoms with van der Waals surface area (Å²) in [6.45, 7) is -0.987. The summed E-state index contributed by atoms with van der Waals surface area (Å²) in [5.41, 5.74) is 4.98. The van der Waals surface area contributed by atoms with Gasteiger partial charge in [-0.1, -0.05) is 23.7 Å². The number of carboxylic acid groups (broad SMARTS) is 1. The van der Waals surface area contributed by atoms with E-state index in [9.17, 15) is 14.4 Å². The number of hydrogen-bond donors (Lipinski definition) is 2. The fourth-order valence-electron chi connectivity index (χ4n) is 1.38. The van der Waals surface area contributed by atoms with Gasteiger partial charge >= 0.3 is 5.97 Å². The molecular formula is C12H13ClN2O4S. The van der Waals surface area contributed by atoms with E-state index in [1.54, 1.807) is 24.3 Å². The SMILES string of the molecule is NC(=O)CN(CC(=O)O)C(=O)CSc1ccccc1Cl. The molecule has 6 nitrogen and oxygen atoms in total. The van der Waals surface area contributed by atoms with Crippen LogP contribution in [0.5, 0.6) is 0 Å². The number of hydrogen-bond acceptors (Lipinski definition) is 4. The van der Waals surface area contributed by atoms with Crippen molar-refractivity contribution in [1.82, 2.24) is 4.90 Å². The molecule has 0 aromatic heterocycles. The van der Waals surface area contributed by atoms with Crippen LogP contribution < -0.4 is 5.73 Å². The second kappa shape index (κ2) is 7.76. The standard InChI is InChI=1S/C12H13ClN2O4S/c13-8-3-1-2-4-9(8)20-7-11(17)15(5-10(14)16)6-12(18)19/h1-4H,5-7H2,(H2,14,16)(H,18,19). The van der Waals surface area contributed by atoms with Crippen LogP contribution in [0.3, 0.4) is 0 Å². The van der Waals surface area contributed by atoms with E-state index in [1.807, 2.05) is 0 Å². The van der Waals surface area contributed by atoms with Gasteiger partial charge in [-0.15, -0.1) is 11.8 Å². The van der Waals surface area contributed by atoms with E-state index in [2.05, 4.69) is 0 Å². The Morgan fingerprint density at radius 3 is 2.45 bits per heavy atom. The Kier molecular flexibility index (Phi) is 6.33. The molecule has 0 aliphatic rings. The summed E-state index contributed by atoms with van der Waals surface area (Å²) in [6, 6.07) is 6.97. The van der Waals surface area contributed by atoms with Crippen LogP contribution in [-0.2, 0) is 14.4 Å². The van der Waals surface area contributed by atoms with Crippen LogP contribution in [0.2, 0.25) is 5.02 Å². The zero-order valence-electron chi connectivity index (χ0n) is 10.4. The third kappa shape index (κ3) is 5.50. The van der Waals surface area contributed by atoms with Gasteiger partial charge in [-0.05, 0) is 12.1 Å². The lowest BCUT2D eigenvalue weighted by Crippen LogP contribution is -2.42. The van der Waals surface area contributed by atoms with Gasteiger partial charge in [0.15, 0.2) is 0 Å². The average Bonchev–Trinajstić information content (AvgIpc) is 2.35. The number of carbonyl (C=O) groups excluding carboxylic acids is 2. The van der Waals surface area contributed by atoms with Crippen LogP contribution in [0.25, 0.3) is 0 Å². The summed E-state index contributed by atoms with van der Waals surface area (Å²) < 4.78 is 0. The van der Waals surface area contributed by atoms with E-state index in [0.29, 0.717) is 9.92 Å². The van der Waals surface area contributed by atoms with Gasteiger partial charge in [-0.2, -0.15) is 0 Å². The van der Waals surface area contributed by atoms with Gasteiger partial charge in [0, 0.05) is 4.90 Å². The summed E-state index contributed by atoms with van der Waals surface area (Å²) in [7, 11) is 0. The molecule has 1 aromatic carbocycles. The monoisotopic (exact) mass is 316 g/mol. The number of nitrogens with two attached hydrogens (primary N) is 1. The van der Waals surface area contributed by atoms with Crippen LogP contribution in [0.4, 0.5) is 0 Å². The number of primary amides is 1. The first-order valence-electron chi connectivity index (χ1n) is 5.55. The van der Waals surface area contributed by atoms with Gasteiger partial charge in [0.2, 0.25) is 11.8 Å². The van der Waals surface area contributed by atoms with E-state index < -0.39 is 30.9 Å². The molecule has 0 saturated heterocycles. The maximum atomic E-state index is 11.9. The Hall–Kier alpha value is -1.73. The molecular weight excluding hydrogens is 304 g/mol. The van der Waals surface area contributed by atoms with E-state index in [0.717, 1.165) is 4.90 Å². The quantitative estimate of drug-likeness (QED) is 0.726. The van der Waals surface area contributed by atoms with Gasteiger partial charge in [0.1, 0.15) is 6.54 Å². The molecule has 0 saturated carbocycles. The van der Waals surface area contributed by atoms with Crippen molar-refractivity contribution in [1.29, 1.82) is 0 Å². The number of halogens is 1. The summed E-state index contributed by atoms with van der Waals surface area (Å²) in [5, 5.41) is 9.21. The first kappa shape index (κ1) is 16.3. The largest absolute Gasteiger partial charge is 0.480 e. The second-order valence-electron chi connectivity index (χ2n) is 3.83. The van der Waals surface area contributed by atoms with E-state index >= 15 is 0 Å². The van der Waals surface area contributed by atoms with Crippen molar-refractivity contribution < 1.29 is 19.5 Å². The van der Waals surface area contributed by atoms with Crippen molar-refractivity contribution in [3.8, 4) is 0 Å². The fraction of sp³-hybridized carbons (Fsp3) is 0.250. The summed E-state index contributed by atoms with van der Waals surface area (Å²) in [4.78, 5) is 35.0. The number of amides is 2. The molecule has 2 amide bonds. The molecule has 0 fully saturated rings. The molecule has 0 spiro atoms. The lowest BCUT2D eigenvalue weighted by molar-refractivity contribution is -0.144. The van der Waals surface area contributed by atoms with E-state index in [-0.39, 0.29) is 5.75 Å². The number of benzene rings is 1. The molecule has 108 valence electrons. The van der Waals surface area contributed by atoms with Crippen molar-refractivity contribution in [2.75, 3.05) is 18.8 Å². The number of thioether (sulfide) groups is 1. The van der Waals surface area contributed by atoms with Crippen LogP contribution in [0, 0.1) is 0 Å². The molecule has 20 heavy (non-hydrogen) atoms. The molecule has 3 N–H and O–H groups in total. The minimum absolute atomic E-state index is 0.0235. The van der Waals surface area contributed by atoms with E-state index in [1.165, 1.54) is 11.8 Å². The van der Waals surface area contributed by atoms with Crippen LogP contribution in [0.15, 0.2) is 29.2 Å². The number of aliphatic carboxylic acids is 1. The van der Waals surface area contributed by atoms with Gasteiger partial charge < -0.3 is 15.7 Å². The Morgan fingerprint density at radius 2 is 1.90 bits per heavy atom. The average molecular weight is 317 g/mol. The predicted octanol–water partition coefficient (Wildman–Crippen LogP) is 0.831. The van der Waals surface area contributed by atoms with Crippen molar-refractivity contribution >= 4 is 41.1 Å². The highest BCUT2D eigenvalue weighted by atomic mass is 35.5. The maximum Gasteiger partial charge on any atom is 0.323 e. The van der Waals surface area contributed by atoms with Crippen molar-refractivity contribution in [3.63, 3.8) is 0 Å².